The summed E-state index contributed by atoms with van der Waals surface area (Å²) in [6, 6.07) is 14.9. The molecular formula is C24H31N5O3. The Kier molecular flexibility index (Phi) is 7.83. The summed E-state index contributed by atoms with van der Waals surface area (Å²) >= 11 is 0. The molecule has 170 valence electrons. The van der Waals surface area contributed by atoms with Gasteiger partial charge in [-0.15, -0.1) is 0 Å². The number of hydrogen-bond acceptors (Lipinski definition) is 5. The number of carbonyl (C=O) groups excluding carboxylic acids is 3. The lowest BCUT2D eigenvalue weighted by Crippen LogP contribution is -2.41. The molecule has 0 aromatic heterocycles. The quantitative estimate of drug-likeness (QED) is 0.579. The van der Waals surface area contributed by atoms with Gasteiger partial charge >= 0.3 is 11.8 Å². The zero-order chi connectivity index (χ0) is 23.1. The standard InChI is InChI=1S/C24H31N5O3/c1-17(30)26-19-8-10-20(11-9-19)27-24(32)23(31)25-16-22(29-14-4-5-15-29)18-6-12-21(13-7-18)28(2)3/h6-13,22H,4-5,14-16H2,1-3H3,(H,25,31)(H,26,30)(H,27,32)/t22-/m1/s1. The normalized spacial score (nSPS) is 14.5. The summed E-state index contributed by atoms with van der Waals surface area (Å²) < 4.78 is 0. The van der Waals surface area contributed by atoms with Gasteiger partial charge in [-0.25, -0.2) is 0 Å². The summed E-state index contributed by atoms with van der Waals surface area (Å²) in [5.74, 6) is -1.57. The molecule has 1 aliphatic heterocycles. The van der Waals surface area contributed by atoms with Crippen LogP contribution in [0.3, 0.4) is 0 Å². The number of amides is 3. The molecule has 1 heterocycles. The largest absolute Gasteiger partial charge is 0.378 e. The summed E-state index contributed by atoms with van der Waals surface area (Å²) in [4.78, 5) is 40.3. The number of benzene rings is 2. The van der Waals surface area contributed by atoms with E-state index in [2.05, 4.69) is 45.1 Å². The Balaban J connectivity index is 1.60. The van der Waals surface area contributed by atoms with E-state index in [0.29, 0.717) is 17.9 Å². The lowest BCUT2D eigenvalue weighted by Gasteiger charge is -2.28. The minimum atomic E-state index is -0.722. The predicted octanol–water partition coefficient (Wildman–Crippen LogP) is 2.60. The zero-order valence-electron chi connectivity index (χ0n) is 18.9. The Bertz CT molecular complexity index is 935. The molecule has 1 fully saturated rings. The molecule has 32 heavy (non-hydrogen) atoms. The summed E-state index contributed by atoms with van der Waals surface area (Å²) in [7, 11) is 4.00. The molecule has 0 radical (unpaired) electrons. The monoisotopic (exact) mass is 437 g/mol. The molecule has 0 unspecified atom stereocenters. The van der Waals surface area contributed by atoms with E-state index in [1.807, 2.05) is 19.0 Å². The number of likely N-dealkylation sites (tertiary alicyclic amines) is 1. The van der Waals surface area contributed by atoms with Gasteiger partial charge < -0.3 is 20.9 Å². The van der Waals surface area contributed by atoms with Crippen LogP contribution in [0.25, 0.3) is 0 Å². The Morgan fingerprint density at radius 1 is 0.875 bits per heavy atom. The van der Waals surface area contributed by atoms with Crippen LogP contribution in [0.4, 0.5) is 17.1 Å². The molecule has 3 N–H and O–H groups in total. The van der Waals surface area contributed by atoms with Crippen molar-refractivity contribution in [2.24, 2.45) is 0 Å². The van der Waals surface area contributed by atoms with E-state index in [-0.39, 0.29) is 11.9 Å². The first-order valence-corrected chi connectivity index (χ1v) is 10.8. The topological polar surface area (TPSA) is 93.8 Å². The first-order valence-electron chi connectivity index (χ1n) is 10.8. The Labute approximate surface area is 189 Å². The molecule has 0 aliphatic carbocycles. The van der Waals surface area contributed by atoms with Gasteiger partial charge in [-0.1, -0.05) is 12.1 Å². The van der Waals surface area contributed by atoms with Crippen molar-refractivity contribution >= 4 is 34.8 Å². The Hall–Kier alpha value is -3.39. The number of anilines is 3. The Morgan fingerprint density at radius 3 is 1.97 bits per heavy atom. The maximum atomic E-state index is 12.4. The highest BCUT2D eigenvalue weighted by Crippen LogP contribution is 2.26. The summed E-state index contributed by atoms with van der Waals surface area (Å²) in [5, 5.41) is 8.04. The van der Waals surface area contributed by atoms with Crippen LogP contribution in [0, 0.1) is 0 Å². The predicted molar refractivity (Wildman–Crippen MR) is 127 cm³/mol. The Morgan fingerprint density at radius 2 is 1.44 bits per heavy atom. The van der Waals surface area contributed by atoms with Crippen LogP contribution in [0.2, 0.25) is 0 Å². The average Bonchev–Trinajstić information content (AvgIpc) is 3.29. The SMILES string of the molecule is CC(=O)Nc1ccc(NC(=O)C(=O)NC[C@H](c2ccc(N(C)C)cc2)N2CCCC2)cc1. The lowest BCUT2D eigenvalue weighted by molar-refractivity contribution is -0.136. The van der Waals surface area contributed by atoms with Crippen molar-refractivity contribution < 1.29 is 14.4 Å². The number of nitrogens with one attached hydrogen (secondary N) is 3. The van der Waals surface area contributed by atoms with Crippen LogP contribution in [0.5, 0.6) is 0 Å². The van der Waals surface area contributed by atoms with Gasteiger partial charge in [0.05, 0.1) is 6.04 Å². The van der Waals surface area contributed by atoms with E-state index in [0.717, 1.165) is 37.2 Å². The maximum absolute atomic E-state index is 12.4. The van der Waals surface area contributed by atoms with Gasteiger partial charge in [0.25, 0.3) is 0 Å². The second kappa shape index (κ2) is 10.8. The first-order chi connectivity index (χ1) is 15.3. The zero-order valence-corrected chi connectivity index (χ0v) is 18.9. The summed E-state index contributed by atoms with van der Waals surface area (Å²) in [6.45, 7) is 3.73. The van der Waals surface area contributed by atoms with Crippen LogP contribution in [-0.2, 0) is 14.4 Å². The van der Waals surface area contributed by atoms with E-state index >= 15 is 0 Å². The molecule has 3 rings (SSSR count). The highest BCUT2D eigenvalue weighted by atomic mass is 16.2. The lowest BCUT2D eigenvalue weighted by atomic mass is 10.0. The van der Waals surface area contributed by atoms with Crippen molar-refractivity contribution in [1.82, 2.24) is 10.2 Å². The van der Waals surface area contributed by atoms with Crippen molar-refractivity contribution in [2.45, 2.75) is 25.8 Å². The third-order valence-corrected chi connectivity index (χ3v) is 5.50. The highest BCUT2D eigenvalue weighted by Gasteiger charge is 2.25. The molecule has 8 nitrogen and oxygen atoms in total. The van der Waals surface area contributed by atoms with Gasteiger partial charge in [0.2, 0.25) is 5.91 Å². The molecule has 0 saturated carbocycles. The molecule has 3 amide bonds. The molecule has 1 atom stereocenters. The molecule has 0 spiro atoms. The fraction of sp³-hybridized carbons (Fsp3) is 0.375. The fourth-order valence-electron chi connectivity index (χ4n) is 3.80. The van der Waals surface area contributed by atoms with Gasteiger partial charge in [0, 0.05) is 44.6 Å². The van der Waals surface area contributed by atoms with Crippen LogP contribution in [-0.4, -0.2) is 56.4 Å². The average molecular weight is 438 g/mol. The molecule has 2 aromatic rings. The van der Waals surface area contributed by atoms with E-state index in [1.54, 1.807) is 24.3 Å². The molecule has 8 heteroatoms. The molecule has 0 bridgehead atoms. The van der Waals surface area contributed by atoms with Gasteiger partial charge in [0.1, 0.15) is 0 Å². The maximum Gasteiger partial charge on any atom is 0.313 e. The van der Waals surface area contributed by atoms with E-state index < -0.39 is 11.8 Å². The number of nitrogens with zero attached hydrogens (tertiary/aromatic N) is 2. The van der Waals surface area contributed by atoms with Crippen molar-refractivity contribution in [3.63, 3.8) is 0 Å². The highest BCUT2D eigenvalue weighted by molar-refractivity contribution is 6.39. The van der Waals surface area contributed by atoms with Gasteiger partial charge in [-0.05, 0) is 67.9 Å². The van der Waals surface area contributed by atoms with E-state index in [4.69, 9.17) is 0 Å². The molecule has 1 saturated heterocycles. The van der Waals surface area contributed by atoms with E-state index in [1.165, 1.54) is 6.92 Å². The van der Waals surface area contributed by atoms with Gasteiger partial charge in [0.15, 0.2) is 0 Å². The van der Waals surface area contributed by atoms with Crippen LogP contribution >= 0.6 is 0 Å². The minimum absolute atomic E-state index is 0.0161. The molecular weight excluding hydrogens is 406 g/mol. The van der Waals surface area contributed by atoms with Crippen molar-refractivity contribution in [1.29, 1.82) is 0 Å². The van der Waals surface area contributed by atoms with Crippen LogP contribution < -0.4 is 20.9 Å². The molecule has 1 aliphatic rings. The second-order valence-corrected chi connectivity index (χ2v) is 8.17. The van der Waals surface area contributed by atoms with Gasteiger partial charge in [-0.2, -0.15) is 0 Å². The third-order valence-electron chi connectivity index (χ3n) is 5.50. The summed E-state index contributed by atoms with van der Waals surface area (Å²) in [5.41, 5.74) is 3.33. The van der Waals surface area contributed by atoms with Gasteiger partial charge in [-0.3, -0.25) is 19.3 Å². The van der Waals surface area contributed by atoms with Crippen LogP contribution in [0.15, 0.2) is 48.5 Å². The summed E-state index contributed by atoms with van der Waals surface area (Å²) in [6.07, 6.45) is 2.27. The molecule has 2 aromatic carbocycles. The van der Waals surface area contributed by atoms with Crippen molar-refractivity contribution in [2.75, 3.05) is 49.3 Å². The number of carbonyl (C=O) groups is 3. The van der Waals surface area contributed by atoms with Crippen molar-refractivity contribution in [3.05, 3.63) is 54.1 Å². The smallest absolute Gasteiger partial charge is 0.313 e. The second-order valence-electron chi connectivity index (χ2n) is 8.17. The van der Waals surface area contributed by atoms with E-state index in [9.17, 15) is 14.4 Å². The number of hydrogen-bond donors (Lipinski definition) is 3. The van der Waals surface area contributed by atoms with Crippen molar-refractivity contribution in [3.8, 4) is 0 Å². The third kappa shape index (κ3) is 6.31. The number of rotatable bonds is 7. The minimum Gasteiger partial charge on any atom is -0.378 e. The first kappa shape index (κ1) is 23.3. The van der Waals surface area contributed by atoms with Crippen LogP contribution in [0.1, 0.15) is 31.4 Å². The fourth-order valence-corrected chi connectivity index (χ4v) is 3.80.